The van der Waals surface area contributed by atoms with Gasteiger partial charge in [0.15, 0.2) is 0 Å². The summed E-state index contributed by atoms with van der Waals surface area (Å²) in [6.45, 7) is 1.60. The molecule has 0 aliphatic rings. The van der Waals surface area contributed by atoms with Crippen molar-refractivity contribution in [1.82, 2.24) is 9.78 Å². The zero-order chi connectivity index (χ0) is 34.4. The molecule has 0 atom stereocenters. The molecule has 0 saturated carbocycles. The van der Waals surface area contributed by atoms with Crippen molar-refractivity contribution >= 4 is 44.9 Å². The number of aromatic nitrogens is 2. The Balaban J connectivity index is 0.000000261. The van der Waals surface area contributed by atoms with Crippen molar-refractivity contribution in [2.75, 3.05) is 0 Å². The third-order valence-electron chi connectivity index (χ3n) is 6.72. The third-order valence-corrected chi connectivity index (χ3v) is 6.72. The number of benzene rings is 5. The Kier molecular flexibility index (Phi) is 13.3. The summed E-state index contributed by atoms with van der Waals surface area (Å²) in [6.07, 6.45) is 0. The van der Waals surface area contributed by atoms with Crippen molar-refractivity contribution in [1.29, 1.82) is 0 Å². The summed E-state index contributed by atoms with van der Waals surface area (Å²) in [7, 11) is 0. The van der Waals surface area contributed by atoms with E-state index in [-0.39, 0.29) is 98.3 Å². The number of phenolic OH excluding ortho intramolecular Hbond substituents is 3. The first-order valence-electron chi connectivity index (χ1n) is 13.8. The van der Waals surface area contributed by atoms with Gasteiger partial charge in [-0.2, -0.15) is 5.11 Å². The van der Waals surface area contributed by atoms with Crippen molar-refractivity contribution in [3.8, 4) is 22.9 Å². The average molecular weight is 723 g/mol. The van der Waals surface area contributed by atoms with Crippen molar-refractivity contribution < 1.29 is 72.1 Å². The molecule has 16 nitrogen and oxygen atoms in total. The first kappa shape index (κ1) is 38.7. The van der Waals surface area contributed by atoms with Crippen LogP contribution >= 0.6 is 0 Å². The molecule has 5 aromatic carbocycles. The summed E-state index contributed by atoms with van der Waals surface area (Å²) in [4.78, 5) is 32.7. The predicted octanol–water partition coefficient (Wildman–Crippen LogP) is 4.87. The maximum Gasteiger partial charge on any atom is 1.00 e. The topological polar surface area (TPSA) is 231 Å². The van der Waals surface area contributed by atoms with Crippen LogP contribution in [0.1, 0.15) is 5.69 Å². The molecule has 6 rings (SSSR count). The van der Waals surface area contributed by atoms with E-state index in [0.29, 0.717) is 16.8 Å². The Hall–Kier alpha value is -5.70. The molecule has 0 bridgehead atoms. The van der Waals surface area contributed by atoms with Crippen LogP contribution in [0.4, 0.5) is 34.1 Å². The van der Waals surface area contributed by atoms with Crippen LogP contribution in [0.3, 0.4) is 0 Å². The molecule has 0 aliphatic heterocycles. The molecule has 0 unspecified atom stereocenters. The first-order valence-corrected chi connectivity index (χ1v) is 13.8. The van der Waals surface area contributed by atoms with E-state index in [4.69, 9.17) is 0 Å². The summed E-state index contributed by atoms with van der Waals surface area (Å²) in [5.74, 6) is -0.688. The number of rotatable bonds is 7. The van der Waals surface area contributed by atoms with Crippen LogP contribution in [-0.2, 0) is 17.4 Å². The standard InChI is InChI=1S/C16H12N5O4.C16H11N3O4.Cr.Na/c1-10-15(16(23)20(19-10)11-5-3-2-4-6-11)18-17-13-9-12(21(24)25)7-8-14(13)22;20-14-8-5-10-3-1-2-4-12(10)16(14)18-17-13-7-6-11(19(22)23)9-15(13)21;;/h2-9,22H,1H3;1-9,20-21H;;/q-1;;;+1. The minimum atomic E-state index is -0.615. The molecule has 0 spiro atoms. The van der Waals surface area contributed by atoms with Crippen molar-refractivity contribution in [3.63, 3.8) is 0 Å². The Morgan fingerprint density at radius 2 is 1.34 bits per heavy atom. The molecule has 3 N–H and O–H groups in total. The largest absolute Gasteiger partial charge is 1.00 e. The molecule has 1 heterocycles. The number of fused-ring (bicyclic) bond motifs is 1. The SMILES string of the molecule is Cc1nn(-c2ccccc2)c(=O)[c-]1N=Nc1cc([N+](=O)[O-])ccc1O.O=[N+]([O-])c1ccc(N=Nc2c(O)ccc3ccccc23)c(O)c1.[Cr].[Na+]. The predicted molar refractivity (Wildman–Crippen MR) is 174 cm³/mol. The van der Waals surface area contributed by atoms with Gasteiger partial charge >= 0.3 is 29.6 Å². The number of aromatic hydroxyl groups is 3. The molecule has 246 valence electrons. The van der Waals surface area contributed by atoms with Crippen LogP contribution in [0.5, 0.6) is 17.2 Å². The minimum absolute atomic E-state index is 0. The van der Waals surface area contributed by atoms with E-state index in [1.807, 2.05) is 24.3 Å². The maximum atomic E-state index is 12.4. The van der Waals surface area contributed by atoms with E-state index in [0.717, 1.165) is 29.7 Å². The molecule has 0 saturated heterocycles. The normalized spacial score (nSPS) is 10.7. The summed E-state index contributed by atoms with van der Waals surface area (Å²) in [5.41, 5.74) is 0.189. The second-order valence-corrected chi connectivity index (χ2v) is 9.90. The number of azo groups is 2. The number of nitrogens with zero attached hydrogens (tertiary/aromatic N) is 8. The smallest absolute Gasteiger partial charge is 0.506 e. The third kappa shape index (κ3) is 8.85. The van der Waals surface area contributed by atoms with Crippen LogP contribution in [0.25, 0.3) is 16.5 Å². The zero-order valence-electron chi connectivity index (χ0n) is 26.2. The quantitative estimate of drug-likeness (QED) is 0.0670. The van der Waals surface area contributed by atoms with E-state index in [2.05, 4.69) is 25.6 Å². The van der Waals surface area contributed by atoms with Gasteiger partial charge < -0.3 is 25.2 Å². The number of hydrogen-bond donors (Lipinski definition) is 3. The fourth-order valence-corrected chi connectivity index (χ4v) is 4.33. The Bertz CT molecular complexity index is 2290. The van der Waals surface area contributed by atoms with Gasteiger partial charge in [0.2, 0.25) is 0 Å². The number of nitro benzene ring substituents is 2. The molecule has 0 aliphatic carbocycles. The second-order valence-electron chi connectivity index (χ2n) is 9.90. The summed E-state index contributed by atoms with van der Waals surface area (Å²) >= 11 is 0. The zero-order valence-corrected chi connectivity index (χ0v) is 29.5. The van der Waals surface area contributed by atoms with Gasteiger partial charge in [0.1, 0.15) is 39.9 Å². The van der Waals surface area contributed by atoms with Gasteiger partial charge in [0.05, 0.1) is 21.6 Å². The molecule has 1 aromatic heterocycles. The maximum absolute atomic E-state index is 12.4. The molecular weight excluding hydrogens is 699 g/mol. The molecule has 6 aromatic rings. The molecule has 0 amide bonds. The molecule has 0 radical (unpaired) electrons. The monoisotopic (exact) mass is 722 g/mol. The van der Waals surface area contributed by atoms with Crippen LogP contribution in [0.2, 0.25) is 0 Å². The van der Waals surface area contributed by atoms with Gasteiger partial charge in [0.25, 0.3) is 11.4 Å². The van der Waals surface area contributed by atoms with Crippen molar-refractivity contribution in [2.45, 2.75) is 6.92 Å². The molecule has 0 fully saturated rings. The van der Waals surface area contributed by atoms with Crippen molar-refractivity contribution in [3.05, 3.63) is 139 Å². The van der Waals surface area contributed by atoms with Gasteiger partial charge in [-0.15, -0.1) is 15.9 Å². The number of phenols is 3. The van der Waals surface area contributed by atoms with E-state index in [1.165, 1.54) is 22.9 Å². The number of hydrogen-bond acceptors (Lipinski definition) is 13. The van der Waals surface area contributed by atoms with Gasteiger partial charge in [-0.1, -0.05) is 61.1 Å². The Morgan fingerprint density at radius 1 is 0.720 bits per heavy atom. The second kappa shape index (κ2) is 17.1. The van der Waals surface area contributed by atoms with E-state index < -0.39 is 15.4 Å². The van der Waals surface area contributed by atoms with Crippen molar-refractivity contribution in [2.24, 2.45) is 20.5 Å². The minimum Gasteiger partial charge on any atom is -0.506 e. The summed E-state index contributed by atoms with van der Waals surface area (Å²) in [5, 5.41) is 72.1. The van der Waals surface area contributed by atoms with Gasteiger partial charge in [-0.05, 0) is 35.7 Å². The Morgan fingerprint density at radius 3 is 2.02 bits per heavy atom. The summed E-state index contributed by atoms with van der Waals surface area (Å²) in [6, 6.07) is 26.3. The molecule has 50 heavy (non-hydrogen) atoms. The van der Waals surface area contributed by atoms with Gasteiger partial charge in [-0.3, -0.25) is 20.2 Å². The van der Waals surface area contributed by atoms with E-state index in [9.17, 15) is 40.3 Å². The van der Waals surface area contributed by atoms with E-state index in [1.54, 1.807) is 43.3 Å². The summed E-state index contributed by atoms with van der Waals surface area (Å²) < 4.78 is 1.19. The van der Waals surface area contributed by atoms with Crippen LogP contribution in [0, 0.1) is 27.2 Å². The number of non-ortho nitro benzene ring substituents is 2. The average Bonchev–Trinajstić information content (AvgIpc) is 3.37. The number of aryl methyl sites for hydroxylation is 1. The fourth-order valence-electron chi connectivity index (χ4n) is 4.33. The van der Waals surface area contributed by atoms with E-state index >= 15 is 0 Å². The van der Waals surface area contributed by atoms with Gasteiger partial charge in [0, 0.05) is 40.9 Å². The number of nitro groups is 2. The van der Waals surface area contributed by atoms with Crippen LogP contribution in [-0.4, -0.2) is 34.9 Å². The first-order chi connectivity index (χ1) is 23.0. The molecular formula is C32H23CrN8NaO8. The fraction of sp³-hybridized carbons (Fsp3) is 0.0312. The van der Waals surface area contributed by atoms with Crippen LogP contribution < -0.4 is 35.1 Å². The van der Waals surface area contributed by atoms with Gasteiger partial charge in [-0.25, -0.2) is 9.78 Å². The number of para-hydroxylation sites is 1. The van der Waals surface area contributed by atoms with Crippen LogP contribution in [0.15, 0.2) is 128 Å². The molecule has 18 heteroatoms. The Labute approximate surface area is 314 Å².